The van der Waals surface area contributed by atoms with Crippen LogP contribution in [0.15, 0.2) is 48.5 Å². The second-order valence-electron chi connectivity index (χ2n) is 11.3. The first-order valence-corrected chi connectivity index (χ1v) is 14.5. The first kappa shape index (κ1) is 22.3. The van der Waals surface area contributed by atoms with Crippen LogP contribution in [0.25, 0.3) is 0 Å². The molecule has 7 rings (SSSR count). The van der Waals surface area contributed by atoms with Crippen molar-refractivity contribution in [3.8, 4) is 0 Å². The zero-order chi connectivity index (χ0) is 23.3. The highest BCUT2D eigenvalue weighted by molar-refractivity contribution is 7.88. The number of sulfonamides is 1. The molecular formula is C28H34N2O3S. The molecule has 34 heavy (non-hydrogen) atoms. The predicted octanol–water partition coefficient (Wildman–Crippen LogP) is 5.33. The van der Waals surface area contributed by atoms with E-state index >= 15 is 0 Å². The van der Waals surface area contributed by atoms with Gasteiger partial charge in [0.15, 0.2) is 0 Å². The molecule has 1 aliphatic heterocycles. The highest BCUT2D eigenvalue weighted by Crippen LogP contribution is 2.60. The van der Waals surface area contributed by atoms with Gasteiger partial charge in [-0.25, -0.2) is 12.7 Å². The Bertz CT molecular complexity index is 1130. The van der Waals surface area contributed by atoms with E-state index in [1.54, 1.807) is 28.6 Å². The van der Waals surface area contributed by atoms with E-state index in [1.165, 1.54) is 44.1 Å². The number of anilines is 1. The predicted molar refractivity (Wildman–Crippen MR) is 134 cm³/mol. The number of hydrogen-bond acceptors (Lipinski definition) is 3. The Balaban J connectivity index is 1.10. The molecule has 0 radical (unpaired) electrons. The number of carbonyl (C=O) groups excluding carboxylic acids is 1. The standard InChI is InChI=1S/C28H34N2O3S/c31-27(24-5-3-20(4-6-24)19-34(32,33)30-11-1-2-12-30)29-26-9-7-25(8-10-26)28-16-21-13-22(17-28)15-23(14-21)18-28/h3-10,21-23H,1-2,11-19H2,(H,29,31). The van der Waals surface area contributed by atoms with E-state index < -0.39 is 10.0 Å². The van der Waals surface area contributed by atoms with Crippen molar-refractivity contribution < 1.29 is 13.2 Å². The van der Waals surface area contributed by atoms with Gasteiger partial charge in [-0.05, 0) is 110 Å². The molecule has 0 spiro atoms. The van der Waals surface area contributed by atoms with Crippen LogP contribution in [0.2, 0.25) is 0 Å². The fourth-order valence-corrected chi connectivity index (χ4v) is 9.21. The molecule has 1 heterocycles. The minimum absolute atomic E-state index is 0.0132. The van der Waals surface area contributed by atoms with Crippen LogP contribution < -0.4 is 5.32 Å². The van der Waals surface area contributed by atoms with Crippen molar-refractivity contribution in [2.24, 2.45) is 17.8 Å². The molecule has 1 N–H and O–H groups in total. The summed E-state index contributed by atoms with van der Waals surface area (Å²) in [5.41, 5.74) is 3.87. The second kappa shape index (κ2) is 8.49. The lowest BCUT2D eigenvalue weighted by Gasteiger charge is -2.57. The van der Waals surface area contributed by atoms with Crippen molar-refractivity contribution in [1.29, 1.82) is 0 Å². The Morgan fingerprint density at radius 1 is 0.853 bits per heavy atom. The van der Waals surface area contributed by atoms with E-state index in [9.17, 15) is 13.2 Å². The molecule has 1 saturated heterocycles. The van der Waals surface area contributed by atoms with Gasteiger partial charge in [0.2, 0.25) is 10.0 Å². The Labute approximate surface area is 203 Å². The van der Waals surface area contributed by atoms with Crippen molar-refractivity contribution in [2.45, 2.75) is 62.5 Å². The lowest BCUT2D eigenvalue weighted by Crippen LogP contribution is -2.48. The van der Waals surface area contributed by atoms with Crippen LogP contribution in [0, 0.1) is 17.8 Å². The number of benzene rings is 2. The number of nitrogens with zero attached hydrogens (tertiary/aromatic N) is 1. The topological polar surface area (TPSA) is 66.5 Å². The maximum atomic E-state index is 12.8. The smallest absolute Gasteiger partial charge is 0.255 e. The van der Waals surface area contributed by atoms with Gasteiger partial charge in [-0.1, -0.05) is 24.3 Å². The van der Waals surface area contributed by atoms with E-state index in [4.69, 9.17) is 0 Å². The summed E-state index contributed by atoms with van der Waals surface area (Å²) >= 11 is 0. The highest BCUT2D eigenvalue weighted by atomic mass is 32.2. The monoisotopic (exact) mass is 478 g/mol. The summed E-state index contributed by atoms with van der Waals surface area (Å²) in [7, 11) is -3.28. The molecule has 180 valence electrons. The minimum atomic E-state index is -3.28. The first-order chi connectivity index (χ1) is 16.4. The van der Waals surface area contributed by atoms with Gasteiger partial charge in [0.25, 0.3) is 5.91 Å². The number of rotatable bonds is 6. The fourth-order valence-electron chi connectivity index (χ4n) is 7.60. The van der Waals surface area contributed by atoms with E-state index in [0.717, 1.165) is 36.3 Å². The van der Waals surface area contributed by atoms with E-state index in [2.05, 4.69) is 17.4 Å². The number of nitrogens with one attached hydrogen (secondary N) is 1. The lowest BCUT2D eigenvalue weighted by atomic mass is 9.48. The summed E-state index contributed by atoms with van der Waals surface area (Å²) in [6.45, 7) is 1.23. The summed E-state index contributed by atoms with van der Waals surface area (Å²) in [6.07, 6.45) is 10.2. The van der Waals surface area contributed by atoms with Crippen LogP contribution in [0.5, 0.6) is 0 Å². The molecule has 2 aromatic carbocycles. The third kappa shape index (κ3) is 4.20. The van der Waals surface area contributed by atoms with Gasteiger partial charge in [-0.15, -0.1) is 0 Å². The van der Waals surface area contributed by atoms with Crippen molar-refractivity contribution in [1.82, 2.24) is 4.31 Å². The van der Waals surface area contributed by atoms with Crippen molar-refractivity contribution >= 4 is 21.6 Å². The van der Waals surface area contributed by atoms with Gasteiger partial charge < -0.3 is 5.32 Å². The average Bonchev–Trinajstić information content (AvgIpc) is 3.35. The maximum absolute atomic E-state index is 12.8. The summed E-state index contributed by atoms with van der Waals surface area (Å²) < 4.78 is 26.6. The Morgan fingerprint density at radius 2 is 1.41 bits per heavy atom. The van der Waals surface area contributed by atoms with Crippen LogP contribution in [0.3, 0.4) is 0 Å². The maximum Gasteiger partial charge on any atom is 0.255 e. The fraction of sp³-hybridized carbons (Fsp3) is 0.536. The quantitative estimate of drug-likeness (QED) is 0.610. The number of hydrogen-bond donors (Lipinski definition) is 1. The normalized spacial score (nSPS) is 30.5. The van der Waals surface area contributed by atoms with Crippen LogP contribution in [0.1, 0.15) is 72.9 Å². The number of carbonyl (C=O) groups is 1. The van der Waals surface area contributed by atoms with E-state index in [1.807, 2.05) is 12.1 Å². The molecular weight excluding hydrogens is 444 g/mol. The largest absolute Gasteiger partial charge is 0.322 e. The van der Waals surface area contributed by atoms with Gasteiger partial charge in [-0.3, -0.25) is 4.79 Å². The molecule has 6 heteroatoms. The van der Waals surface area contributed by atoms with Crippen LogP contribution in [-0.4, -0.2) is 31.7 Å². The summed E-state index contributed by atoms with van der Waals surface area (Å²) in [4.78, 5) is 12.8. The molecule has 5 aliphatic rings. The van der Waals surface area contributed by atoms with Crippen LogP contribution >= 0.6 is 0 Å². The minimum Gasteiger partial charge on any atom is -0.322 e. The van der Waals surface area contributed by atoms with Crippen LogP contribution in [-0.2, 0) is 21.2 Å². The molecule has 1 amide bonds. The lowest BCUT2D eigenvalue weighted by molar-refractivity contribution is -0.00518. The molecule has 5 nitrogen and oxygen atoms in total. The second-order valence-corrected chi connectivity index (χ2v) is 13.3. The average molecular weight is 479 g/mol. The first-order valence-electron chi connectivity index (χ1n) is 12.9. The third-order valence-electron chi connectivity index (χ3n) is 8.82. The zero-order valence-electron chi connectivity index (χ0n) is 19.7. The summed E-state index contributed by atoms with van der Waals surface area (Å²) in [6, 6.07) is 15.5. The van der Waals surface area contributed by atoms with Crippen LogP contribution in [0.4, 0.5) is 5.69 Å². The van der Waals surface area contributed by atoms with Crippen molar-refractivity contribution in [3.05, 3.63) is 65.2 Å². The molecule has 2 aromatic rings. The van der Waals surface area contributed by atoms with E-state index in [0.29, 0.717) is 29.6 Å². The van der Waals surface area contributed by atoms with Gasteiger partial charge in [0, 0.05) is 24.3 Å². The SMILES string of the molecule is O=C(Nc1ccc(C23CC4CC(CC(C4)C2)C3)cc1)c1ccc(CS(=O)(=O)N2CCCC2)cc1. The Kier molecular flexibility index (Phi) is 5.57. The summed E-state index contributed by atoms with van der Waals surface area (Å²) in [5.74, 6) is 2.56. The van der Waals surface area contributed by atoms with Gasteiger partial charge in [0.1, 0.15) is 0 Å². The van der Waals surface area contributed by atoms with Crippen molar-refractivity contribution in [2.75, 3.05) is 18.4 Å². The Hall–Kier alpha value is -2.18. The number of amides is 1. The molecule has 4 bridgehead atoms. The highest BCUT2D eigenvalue weighted by Gasteiger charge is 2.51. The Morgan fingerprint density at radius 3 is 1.97 bits per heavy atom. The molecule has 4 aliphatic carbocycles. The molecule has 4 saturated carbocycles. The molecule has 5 fully saturated rings. The summed E-state index contributed by atoms with van der Waals surface area (Å²) in [5, 5.41) is 3.01. The van der Waals surface area contributed by atoms with Gasteiger partial charge in [0.05, 0.1) is 5.75 Å². The molecule has 0 aromatic heterocycles. The van der Waals surface area contributed by atoms with Crippen molar-refractivity contribution in [3.63, 3.8) is 0 Å². The third-order valence-corrected chi connectivity index (χ3v) is 10.7. The van der Waals surface area contributed by atoms with Gasteiger partial charge >= 0.3 is 0 Å². The van der Waals surface area contributed by atoms with E-state index in [-0.39, 0.29) is 11.7 Å². The van der Waals surface area contributed by atoms with Gasteiger partial charge in [-0.2, -0.15) is 0 Å². The zero-order valence-corrected chi connectivity index (χ0v) is 20.5. The molecule has 0 unspecified atom stereocenters. The molecule has 0 atom stereocenters.